The summed E-state index contributed by atoms with van der Waals surface area (Å²) in [6.07, 6.45) is 0.850. The molecule has 0 aliphatic carbocycles. The normalized spacial score (nSPS) is 11.9. The average molecular weight is 388 g/mol. The molecule has 9 heteroatoms. The second kappa shape index (κ2) is 7.62. The molecule has 0 radical (unpaired) electrons. The number of sulfone groups is 1. The molecule has 0 saturated heterocycles. The summed E-state index contributed by atoms with van der Waals surface area (Å²) in [5.74, 6) is -3.31. The number of carbonyl (C=O) groups excluding carboxylic acids is 1. The molecule has 0 amide bonds. The molecule has 0 spiro atoms. The Hall–Kier alpha value is -2.45. The number of esters is 1. The summed E-state index contributed by atoms with van der Waals surface area (Å²) in [6.45, 7) is 0. The lowest BCUT2D eigenvalue weighted by molar-refractivity contribution is -0.135. The van der Waals surface area contributed by atoms with Gasteiger partial charge in [0.25, 0.3) is 0 Å². The summed E-state index contributed by atoms with van der Waals surface area (Å²) in [5.41, 5.74) is 0.0478. The minimum absolute atomic E-state index is 0.0478. The summed E-state index contributed by atoms with van der Waals surface area (Å²) < 4.78 is 55.8. The third-order valence-corrected chi connectivity index (χ3v) is 5.10. The maximum Gasteiger partial charge on any atom is 0.351 e. The monoisotopic (exact) mass is 387 g/mol. The number of benzene rings is 2. The Morgan fingerprint density at radius 2 is 1.76 bits per heavy atom. The van der Waals surface area contributed by atoms with E-state index in [0.717, 1.165) is 25.4 Å². The highest BCUT2D eigenvalue weighted by Crippen LogP contribution is 2.23. The van der Waals surface area contributed by atoms with Gasteiger partial charge in [-0.1, -0.05) is 11.6 Å². The minimum Gasteiger partial charge on any atom is -0.465 e. The first-order valence-corrected chi connectivity index (χ1v) is 8.62. The number of hydrogen-bond acceptors (Lipinski definition) is 5. The van der Waals surface area contributed by atoms with E-state index in [1.165, 1.54) is 30.3 Å². The summed E-state index contributed by atoms with van der Waals surface area (Å²) in [5, 5.41) is 2.76. The van der Waals surface area contributed by atoms with Crippen LogP contribution < -0.4 is 5.32 Å². The Bertz CT molecular complexity index is 928. The highest BCUT2D eigenvalue weighted by Gasteiger charge is 2.28. The van der Waals surface area contributed by atoms with Crippen molar-refractivity contribution in [2.24, 2.45) is 0 Å². The van der Waals surface area contributed by atoms with Crippen molar-refractivity contribution in [1.82, 2.24) is 0 Å². The van der Waals surface area contributed by atoms with Gasteiger partial charge in [0.05, 0.1) is 12.0 Å². The van der Waals surface area contributed by atoms with Crippen LogP contribution in [0.25, 0.3) is 0 Å². The number of nitrogens with one attached hydrogen (secondary N) is 1. The Morgan fingerprint density at radius 1 is 1.12 bits per heavy atom. The van der Waals surface area contributed by atoms with E-state index < -0.39 is 32.3 Å². The highest BCUT2D eigenvalue weighted by atomic mass is 35.5. The summed E-state index contributed by atoms with van der Waals surface area (Å²) >= 11 is 5.72. The van der Waals surface area contributed by atoms with E-state index in [9.17, 15) is 22.0 Å². The molecule has 0 atom stereocenters. The van der Waals surface area contributed by atoms with Crippen LogP contribution in [0.5, 0.6) is 0 Å². The second-order valence-corrected chi connectivity index (χ2v) is 7.09. The van der Waals surface area contributed by atoms with Gasteiger partial charge in [-0.15, -0.1) is 0 Å². The van der Waals surface area contributed by atoms with Crippen LogP contribution in [0.2, 0.25) is 5.02 Å². The number of rotatable bonds is 5. The first-order chi connectivity index (χ1) is 11.8. The molecule has 2 aromatic rings. The molecule has 0 bridgehead atoms. The molecule has 0 saturated carbocycles. The third-order valence-electron chi connectivity index (χ3n) is 3.09. The first kappa shape index (κ1) is 18.9. The number of ether oxygens (including phenoxy) is 1. The van der Waals surface area contributed by atoms with Gasteiger partial charge in [0.2, 0.25) is 9.84 Å². The molecule has 0 aromatic heterocycles. The molecule has 0 aliphatic heterocycles. The topological polar surface area (TPSA) is 72.5 Å². The number of halogens is 3. The van der Waals surface area contributed by atoms with Gasteiger partial charge in [-0.25, -0.2) is 22.0 Å². The molecule has 25 heavy (non-hydrogen) atoms. The molecule has 2 rings (SSSR count). The fraction of sp³-hybridized carbons (Fsp3) is 0.0625. The van der Waals surface area contributed by atoms with Crippen molar-refractivity contribution in [2.45, 2.75) is 4.90 Å². The van der Waals surface area contributed by atoms with Crippen molar-refractivity contribution in [3.05, 3.63) is 70.2 Å². The maximum absolute atomic E-state index is 13.2. The largest absolute Gasteiger partial charge is 0.465 e. The Morgan fingerprint density at radius 3 is 2.32 bits per heavy atom. The Balaban J connectivity index is 2.42. The van der Waals surface area contributed by atoms with Gasteiger partial charge in [0, 0.05) is 23.0 Å². The lowest BCUT2D eigenvalue weighted by Gasteiger charge is -2.09. The van der Waals surface area contributed by atoms with Gasteiger partial charge in [-0.2, -0.15) is 0 Å². The fourth-order valence-corrected chi connectivity index (χ4v) is 3.21. The van der Waals surface area contributed by atoms with E-state index in [1.54, 1.807) is 0 Å². The van der Waals surface area contributed by atoms with Gasteiger partial charge in [0.15, 0.2) is 16.5 Å². The molecule has 2 aromatic carbocycles. The van der Waals surface area contributed by atoms with Gasteiger partial charge >= 0.3 is 5.97 Å². The van der Waals surface area contributed by atoms with E-state index in [4.69, 9.17) is 11.6 Å². The zero-order valence-electron chi connectivity index (χ0n) is 12.8. The van der Waals surface area contributed by atoms with Crippen LogP contribution in [0.1, 0.15) is 0 Å². The lowest BCUT2D eigenvalue weighted by atomic mass is 10.3. The molecule has 0 heterocycles. The molecule has 0 fully saturated rings. The van der Waals surface area contributed by atoms with Crippen LogP contribution in [0.3, 0.4) is 0 Å². The van der Waals surface area contributed by atoms with Gasteiger partial charge in [-0.05, 0) is 36.4 Å². The SMILES string of the molecule is COC(=O)C(=CNc1ccc(F)c(F)c1)S(=O)(=O)c1ccc(Cl)cc1. The van der Waals surface area contributed by atoms with Gasteiger partial charge < -0.3 is 10.1 Å². The van der Waals surface area contributed by atoms with Crippen molar-refractivity contribution in [3.63, 3.8) is 0 Å². The lowest BCUT2D eigenvalue weighted by Crippen LogP contribution is -2.17. The molecule has 132 valence electrons. The summed E-state index contributed by atoms with van der Waals surface area (Å²) in [6, 6.07) is 8.02. The smallest absolute Gasteiger partial charge is 0.351 e. The Kier molecular flexibility index (Phi) is 5.76. The van der Waals surface area contributed by atoms with Crippen LogP contribution in [-0.4, -0.2) is 21.5 Å². The van der Waals surface area contributed by atoms with Crippen LogP contribution in [0.4, 0.5) is 14.5 Å². The number of hydrogen-bond donors (Lipinski definition) is 1. The molecule has 0 aliphatic rings. The summed E-state index contributed by atoms with van der Waals surface area (Å²) in [4.78, 5) is 11.0. The van der Waals surface area contributed by atoms with E-state index in [1.807, 2.05) is 0 Å². The zero-order chi connectivity index (χ0) is 18.6. The van der Waals surface area contributed by atoms with Crippen molar-refractivity contribution >= 4 is 33.1 Å². The number of methoxy groups -OCH3 is 1. The number of carbonyl (C=O) groups is 1. The highest BCUT2D eigenvalue weighted by molar-refractivity contribution is 7.96. The molecular formula is C16H12ClF2NO4S. The van der Waals surface area contributed by atoms with Gasteiger partial charge in [-0.3, -0.25) is 0 Å². The standard InChI is InChI=1S/C16H12ClF2NO4S/c1-24-16(21)15(9-20-11-4-7-13(18)14(19)8-11)25(22,23)12-5-2-10(17)3-6-12/h2-9,20H,1H3. The van der Waals surface area contributed by atoms with E-state index >= 15 is 0 Å². The quantitative estimate of drug-likeness (QED) is 0.627. The first-order valence-electron chi connectivity index (χ1n) is 6.76. The third kappa shape index (κ3) is 4.34. The van der Waals surface area contributed by atoms with Crippen molar-refractivity contribution in [1.29, 1.82) is 0 Å². The number of anilines is 1. The molecule has 0 unspecified atom stereocenters. The van der Waals surface area contributed by atoms with Crippen LogP contribution >= 0.6 is 11.6 Å². The van der Waals surface area contributed by atoms with Crippen molar-refractivity contribution in [2.75, 3.05) is 12.4 Å². The van der Waals surface area contributed by atoms with Gasteiger partial charge in [0.1, 0.15) is 0 Å². The zero-order valence-corrected chi connectivity index (χ0v) is 14.4. The molecule has 5 nitrogen and oxygen atoms in total. The predicted molar refractivity (Wildman–Crippen MR) is 88.7 cm³/mol. The van der Waals surface area contributed by atoms with E-state index in [2.05, 4.69) is 10.1 Å². The molecule has 1 N–H and O–H groups in total. The molecular weight excluding hydrogens is 376 g/mol. The van der Waals surface area contributed by atoms with Crippen LogP contribution in [-0.2, 0) is 19.4 Å². The summed E-state index contributed by atoms with van der Waals surface area (Å²) in [7, 11) is -3.20. The van der Waals surface area contributed by atoms with Crippen molar-refractivity contribution in [3.8, 4) is 0 Å². The maximum atomic E-state index is 13.2. The predicted octanol–water partition coefficient (Wildman–Crippen LogP) is 3.52. The minimum atomic E-state index is -4.22. The van der Waals surface area contributed by atoms with Crippen molar-refractivity contribution < 1.29 is 26.7 Å². The van der Waals surface area contributed by atoms with E-state index in [0.29, 0.717) is 5.02 Å². The Labute approximate surface area is 147 Å². The van der Waals surface area contributed by atoms with E-state index in [-0.39, 0.29) is 10.6 Å². The second-order valence-electron chi connectivity index (χ2n) is 4.73. The fourth-order valence-electron chi connectivity index (χ4n) is 1.82. The van der Waals surface area contributed by atoms with Crippen LogP contribution in [0.15, 0.2) is 58.5 Å². The van der Waals surface area contributed by atoms with Crippen LogP contribution in [0, 0.1) is 11.6 Å². The average Bonchev–Trinajstić information content (AvgIpc) is 2.58.